The molecule has 0 bridgehead atoms. The highest BCUT2D eigenvalue weighted by molar-refractivity contribution is 7.09. The van der Waals surface area contributed by atoms with Crippen molar-refractivity contribution in [1.82, 2.24) is 14.3 Å². The van der Waals surface area contributed by atoms with E-state index in [1.807, 2.05) is 13.0 Å². The van der Waals surface area contributed by atoms with Crippen LogP contribution in [-0.4, -0.2) is 46.4 Å². The topological polar surface area (TPSA) is 88.2 Å². The zero-order valence-electron chi connectivity index (χ0n) is 12.4. The number of carbonyl (C=O) groups is 1. The maximum absolute atomic E-state index is 11.6. The standard InChI is InChI=1S/C14H18N6OS/c1-10-17-14(22-18-10)20-6-2-5-19(7-8-20)12-3-4-16-9-11(12)13(15)21/h3-4,9H,2,5-8H2,1H3,(H2,15,21). The molecule has 1 aliphatic rings. The average molecular weight is 318 g/mol. The minimum Gasteiger partial charge on any atom is -0.369 e. The summed E-state index contributed by atoms with van der Waals surface area (Å²) in [5.74, 6) is 0.371. The summed E-state index contributed by atoms with van der Waals surface area (Å²) >= 11 is 1.43. The summed E-state index contributed by atoms with van der Waals surface area (Å²) < 4.78 is 4.24. The van der Waals surface area contributed by atoms with Gasteiger partial charge in [0.1, 0.15) is 5.82 Å². The molecular weight excluding hydrogens is 300 g/mol. The fourth-order valence-electron chi connectivity index (χ4n) is 2.62. The van der Waals surface area contributed by atoms with E-state index >= 15 is 0 Å². The van der Waals surface area contributed by atoms with Crippen molar-refractivity contribution in [2.75, 3.05) is 36.0 Å². The van der Waals surface area contributed by atoms with Crippen LogP contribution in [0, 0.1) is 6.92 Å². The van der Waals surface area contributed by atoms with E-state index in [-0.39, 0.29) is 0 Å². The van der Waals surface area contributed by atoms with Gasteiger partial charge in [0.25, 0.3) is 5.91 Å². The highest BCUT2D eigenvalue weighted by Gasteiger charge is 2.20. The summed E-state index contributed by atoms with van der Waals surface area (Å²) in [6.07, 6.45) is 4.21. The molecule has 0 radical (unpaired) electrons. The highest BCUT2D eigenvalue weighted by atomic mass is 32.1. The number of rotatable bonds is 3. The van der Waals surface area contributed by atoms with Crippen LogP contribution in [-0.2, 0) is 0 Å². The molecule has 0 aromatic carbocycles. The van der Waals surface area contributed by atoms with Gasteiger partial charge in [-0.15, -0.1) is 0 Å². The Hall–Kier alpha value is -2.22. The fourth-order valence-corrected chi connectivity index (χ4v) is 3.34. The molecule has 1 fully saturated rings. The molecule has 2 aromatic heterocycles. The second-order valence-corrected chi connectivity index (χ2v) is 5.94. The van der Waals surface area contributed by atoms with Crippen molar-refractivity contribution < 1.29 is 4.79 Å². The Bertz CT molecular complexity index is 673. The molecule has 0 saturated carbocycles. The first-order valence-electron chi connectivity index (χ1n) is 7.19. The molecule has 3 rings (SSSR count). The van der Waals surface area contributed by atoms with Crippen molar-refractivity contribution in [3.8, 4) is 0 Å². The molecule has 0 unspecified atom stereocenters. The summed E-state index contributed by atoms with van der Waals surface area (Å²) in [7, 11) is 0. The maximum atomic E-state index is 11.6. The lowest BCUT2D eigenvalue weighted by molar-refractivity contribution is 0.100. The van der Waals surface area contributed by atoms with E-state index < -0.39 is 5.91 Å². The molecule has 1 aliphatic heterocycles. The maximum Gasteiger partial charge on any atom is 0.252 e. The van der Waals surface area contributed by atoms with Gasteiger partial charge in [0.15, 0.2) is 0 Å². The zero-order chi connectivity index (χ0) is 15.5. The van der Waals surface area contributed by atoms with Crippen LogP contribution in [0.15, 0.2) is 18.5 Å². The molecule has 2 N–H and O–H groups in total. The quantitative estimate of drug-likeness (QED) is 0.910. The highest BCUT2D eigenvalue weighted by Crippen LogP contribution is 2.23. The minimum absolute atomic E-state index is 0.441. The van der Waals surface area contributed by atoms with E-state index in [2.05, 4.69) is 24.1 Å². The van der Waals surface area contributed by atoms with Crippen molar-refractivity contribution >= 4 is 28.3 Å². The molecule has 0 atom stereocenters. The second kappa shape index (κ2) is 6.27. The molecular formula is C14H18N6OS. The van der Waals surface area contributed by atoms with Gasteiger partial charge in [-0.1, -0.05) is 0 Å². The van der Waals surface area contributed by atoms with E-state index in [9.17, 15) is 4.79 Å². The van der Waals surface area contributed by atoms with Gasteiger partial charge in [0, 0.05) is 50.1 Å². The van der Waals surface area contributed by atoms with Gasteiger partial charge >= 0.3 is 0 Å². The van der Waals surface area contributed by atoms with Crippen LogP contribution in [0.5, 0.6) is 0 Å². The average Bonchev–Trinajstić information content (AvgIpc) is 2.81. The Balaban J connectivity index is 1.77. The molecule has 3 heterocycles. The fraction of sp³-hybridized carbons (Fsp3) is 0.429. The van der Waals surface area contributed by atoms with E-state index in [1.165, 1.54) is 17.7 Å². The summed E-state index contributed by atoms with van der Waals surface area (Å²) in [5, 5.41) is 0.962. The van der Waals surface area contributed by atoms with E-state index in [0.717, 1.165) is 49.2 Å². The van der Waals surface area contributed by atoms with Crippen LogP contribution in [0.1, 0.15) is 22.6 Å². The van der Waals surface area contributed by atoms with Crippen molar-refractivity contribution in [3.63, 3.8) is 0 Å². The van der Waals surface area contributed by atoms with Gasteiger partial charge in [-0.2, -0.15) is 4.37 Å². The Morgan fingerprint density at radius 3 is 2.77 bits per heavy atom. The molecule has 1 saturated heterocycles. The van der Waals surface area contributed by atoms with Gasteiger partial charge in [-0.05, 0) is 19.4 Å². The molecule has 1 amide bonds. The van der Waals surface area contributed by atoms with E-state index in [0.29, 0.717) is 5.56 Å². The Kier molecular flexibility index (Phi) is 4.19. The predicted molar refractivity (Wildman–Crippen MR) is 86.4 cm³/mol. The largest absolute Gasteiger partial charge is 0.369 e. The van der Waals surface area contributed by atoms with Crippen LogP contribution < -0.4 is 15.5 Å². The lowest BCUT2D eigenvalue weighted by Crippen LogP contribution is -2.32. The third-order valence-electron chi connectivity index (χ3n) is 3.69. The number of nitrogens with zero attached hydrogens (tertiary/aromatic N) is 5. The van der Waals surface area contributed by atoms with Crippen LogP contribution in [0.4, 0.5) is 10.8 Å². The summed E-state index contributed by atoms with van der Waals surface area (Å²) in [6, 6.07) is 1.85. The van der Waals surface area contributed by atoms with E-state index in [4.69, 9.17) is 5.73 Å². The van der Waals surface area contributed by atoms with Crippen molar-refractivity contribution in [1.29, 1.82) is 0 Å². The number of hydrogen-bond donors (Lipinski definition) is 1. The Morgan fingerprint density at radius 2 is 2.05 bits per heavy atom. The number of nitrogens with two attached hydrogens (primary N) is 1. The van der Waals surface area contributed by atoms with Crippen LogP contribution in [0.3, 0.4) is 0 Å². The molecule has 0 aliphatic carbocycles. The van der Waals surface area contributed by atoms with Gasteiger partial charge in [0.05, 0.1) is 11.3 Å². The van der Waals surface area contributed by atoms with E-state index in [1.54, 1.807) is 6.20 Å². The number of primary amides is 1. The molecule has 8 heteroatoms. The minimum atomic E-state index is -0.441. The molecule has 116 valence electrons. The Labute approximate surface area is 132 Å². The van der Waals surface area contributed by atoms with Crippen LogP contribution in [0.2, 0.25) is 0 Å². The van der Waals surface area contributed by atoms with Crippen molar-refractivity contribution in [2.24, 2.45) is 5.73 Å². The van der Waals surface area contributed by atoms with Gasteiger partial charge in [-0.3, -0.25) is 9.78 Å². The SMILES string of the molecule is Cc1nsc(N2CCCN(c3ccncc3C(N)=O)CC2)n1. The monoisotopic (exact) mass is 318 g/mol. The molecule has 0 spiro atoms. The smallest absolute Gasteiger partial charge is 0.252 e. The summed E-state index contributed by atoms with van der Waals surface area (Å²) in [4.78, 5) is 24.4. The number of pyridine rings is 1. The normalized spacial score (nSPS) is 15.7. The van der Waals surface area contributed by atoms with Crippen LogP contribution >= 0.6 is 11.5 Å². The first-order chi connectivity index (χ1) is 10.6. The molecule has 22 heavy (non-hydrogen) atoms. The lowest BCUT2D eigenvalue weighted by atomic mass is 10.2. The third-order valence-corrected chi connectivity index (χ3v) is 4.56. The van der Waals surface area contributed by atoms with Crippen molar-refractivity contribution in [2.45, 2.75) is 13.3 Å². The first kappa shape index (κ1) is 14.7. The summed E-state index contributed by atoms with van der Waals surface area (Å²) in [6.45, 7) is 5.36. The van der Waals surface area contributed by atoms with Crippen molar-refractivity contribution in [3.05, 3.63) is 29.8 Å². The molecule has 2 aromatic rings. The molecule has 7 nitrogen and oxygen atoms in total. The van der Waals surface area contributed by atoms with Gasteiger partial charge in [0.2, 0.25) is 5.13 Å². The third kappa shape index (κ3) is 3.01. The second-order valence-electron chi connectivity index (χ2n) is 5.21. The number of aromatic nitrogens is 3. The zero-order valence-corrected chi connectivity index (χ0v) is 13.2. The predicted octanol–water partition coefficient (Wildman–Crippen LogP) is 1.06. The lowest BCUT2D eigenvalue weighted by Gasteiger charge is -2.24. The number of anilines is 2. The van der Waals surface area contributed by atoms with Gasteiger partial charge in [-0.25, -0.2) is 4.98 Å². The Morgan fingerprint density at radius 1 is 1.27 bits per heavy atom. The number of aryl methyl sites for hydroxylation is 1. The number of hydrogen-bond acceptors (Lipinski definition) is 7. The summed E-state index contributed by atoms with van der Waals surface area (Å²) in [5.41, 5.74) is 6.78. The van der Waals surface area contributed by atoms with Crippen LogP contribution in [0.25, 0.3) is 0 Å². The van der Waals surface area contributed by atoms with Gasteiger partial charge < -0.3 is 15.5 Å². The number of amides is 1. The number of carbonyl (C=O) groups excluding carboxylic acids is 1. The first-order valence-corrected chi connectivity index (χ1v) is 7.96.